The number of carbonyl (C=O) groups excluding carboxylic acids is 3. The summed E-state index contributed by atoms with van der Waals surface area (Å²) in [5.41, 5.74) is 2.05. The van der Waals surface area contributed by atoms with Crippen LogP contribution in [-0.2, 0) is 11.4 Å². The second kappa shape index (κ2) is 12.3. The number of fused-ring (bicyclic) bond motifs is 1. The zero-order chi connectivity index (χ0) is 28.2. The van der Waals surface area contributed by atoms with Crippen LogP contribution in [0.2, 0.25) is 5.02 Å². The number of ketones is 1. The fourth-order valence-electron chi connectivity index (χ4n) is 4.30. The van der Waals surface area contributed by atoms with Crippen molar-refractivity contribution in [2.45, 2.75) is 13.5 Å². The second-order valence-corrected chi connectivity index (χ2v) is 11.2. The molecule has 0 radical (unpaired) electrons. The van der Waals surface area contributed by atoms with Gasteiger partial charge >= 0.3 is 0 Å². The summed E-state index contributed by atoms with van der Waals surface area (Å²) in [6, 6.07) is 24.1. The molecule has 4 aromatic carbocycles. The molecule has 0 spiro atoms. The topological polar surface area (TPSA) is 72.9 Å². The van der Waals surface area contributed by atoms with E-state index in [1.54, 1.807) is 42.5 Å². The Hall–Kier alpha value is -3.59. The van der Waals surface area contributed by atoms with Crippen molar-refractivity contribution in [3.63, 3.8) is 0 Å². The number of hydrogen-bond acceptors (Lipinski definition) is 6. The number of amides is 2. The summed E-state index contributed by atoms with van der Waals surface area (Å²) in [6.07, 6.45) is 1.61. The first kappa shape index (κ1) is 28.0. The molecule has 1 fully saturated rings. The van der Waals surface area contributed by atoms with Gasteiger partial charge in [-0.05, 0) is 99.0 Å². The van der Waals surface area contributed by atoms with Crippen LogP contribution in [0.25, 0.3) is 16.8 Å². The van der Waals surface area contributed by atoms with Crippen molar-refractivity contribution >= 4 is 73.1 Å². The Morgan fingerprint density at radius 3 is 2.52 bits per heavy atom. The highest BCUT2D eigenvalue weighted by Gasteiger charge is 2.36. The Labute approximate surface area is 249 Å². The zero-order valence-electron chi connectivity index (χ0n) is 21.4. The van der Waals surface area contributed by atoms with Gasteiger partial charge in [0.2, 0.25) is 0 Å². The molecule has 1 saturated heterocycles. The van der Waals surface area contributed by atoms with Crippen LogP contribution in [0, 0.1) is 0 Å². The molecule has 4 aromatic rings. The molecule has 0 aromatic heterocycles. The molecule has 0 unspecified atom stereocenters. The van der Waals surface area contributed by atoms with Crippen LogP contribution in [0.3, 0.4) is 0 Å². The van der Waals surface area contributed by atoms with Gasteiger partial charge in [-0.25, -0.2) is 0 Å². The minimum absolute atomic E-state index is 0.215. The fraction of sp³-hybridized carbons (Fsp3) is 0.129. The van der Waals surface area contributed by atoms with Gasteiger partial charge in [0.25, 0.3) is 11.1 Å². The van der Waals surface area contributed by atoms with Crippen molar-refractivity contribution in [1.29, 1.82) is 0 Å². The van der Waals surface area contributed by atoms with Crippen LogP contribution in [-0.4, -0.2) is 35.0 Å². The van der Waals surface area contributed by atoms with E-state index in [0.29, 0.717) is 45.3 Å². The molecule has 0 atom stereocenters. The van der Waals surface area contributed by atoms with Crippen molar-refractivity contribution in [3.05, 3.63) is 110 Å². The summed E-state index contributed by atoms with van der Waals surface area (Å²) >= 11 is 10.3. The monoisotopic (exact) mass is 635 g/mol. The van der Waals surface area contributed by atoms with Gasteiger partial charge in [-0.1, -0.05) is 54.1 Å². The summed E-state index contributed by atoms with van der Waals surface area (Å²) in [5, 5.41) is 2.23. The molecule has 1 heterocycles. The number of nitrogens with zero attached hydrogens (tertiary/aromatic N) is 1. The van der Waals surface area contributed by atoms with E-state index in [2.05, 4.69) is 34.1 Å². The van der Waals surface area contributed by atoms with Gasteiger partial charge < -0.3 is 9.47 Å². The lowest BCUT2D eigenvalue weighted by molar-refractivity contribution is -0.122. The van der Waals surface area contributed by atoms with Crippen LogP contribution >= 0.6 is 39.3 Å². The molecule has 0 bridgehead atoms. The predicted molar refractivity (Wildman–Crippen MR) is 162 cm³/mol. The van der Waals surface area contributed by atoms with E-state index in [4.69, 9.17) is 21.1 Å². The van der Waals surface area contributed by atoms with E-state index in [9.17, 15) is 14.4 Å². The van der Waals surface area contributed by atoms with Gasteiger partial charge in [0, 0.05) is 10.6 Å². The Morgan fingerprint density at radius 2 is 1.75 bits per heavy atom. The quantitative estimate of drug-likeness (QED) is 0.136. The lowest BCUT2D eigenvalue weighted by Crippen LogP contribution is -2.33. The maximum Gasteiger partial charge on any atom is 0.293 e. The lowest BCUT2D eigenvalue weighted by atomic mass is 10.1. The minimum atomic E-state index is -0.525. The Kier molecular flexibility index (Phi) is 8.59. The average molecular weight is 637 g/mol. The normalized spacial score (nSPS) is 14.3. The van der Waals surface area contributed by atoms with Crippen LogP contribution in [0.5, 0.6) is 11.5 Å². The molecular formula is C31H23BrClNO5S. The summed E-state index contributed by atoms with van der Waals surface area (Å²) in [5.74, 6) is 0.158. The molecule has 1 aliphatic rings. The number of hydrogen-bond donors (Lipinski definition) is 0. The van der Waals surface area contributed by atoms with Gasteiger partial charge in [-0.15, -0.1) is 0 Å². The molecule has 2 amide bonds. The third kappa shape index (κ3) is 6.09. The smallest absolute Gasteiger partial charge is 0.293 e. The van der Waals surface area contributed by atoms with Crippen molar-refractivity contribution in [2.24, 2.45) is 0 Å². The highest BCUT2D eigenvalue weighted by Crippen LogP contribution is 2.40. The Bertz CT molecular complexity index is 1650. The van der Waals surface area contributed by atoms with Crippen molar-refractivity contribution < 1.29 is 23.9 Å². The summed E-state index contributed by atoms with van der Waals surface area (Å²) in [7, 11) is 0. The number of thioether (sulfide) groups is 1. The lowest BCUT2D eigenvalue weighted by Gasteiger charge is -2.16. The molecule has 0 aliphatic carbocycles. The molecule has 202 valence electrons. The van der Waals surface area contributed by atoms with Crippen LogP contribution < -0.4 is 9.47 Å². The summed E-state index contributed by atoms with van der Waals surface area (Å²) in [6.45, 7) is 2.26. The van der Waals surface area contributed by atoms with E-state index in [1.807, 2.05) is 31.2 Å². The molecule has 0 N–H and O–H groups in total. The van der Waals surface area contributed by atoms with Gasteiger partial charge in [0.1, 0.15) is 6.61 Å². The average Bonchev–Trinajstić information content (AvgIpc) is 3.20. The van der Waals surface area contributed by atoms with Crippen LogP contribution in [0.15, 0.2) is 88.2 Å². The molecule has 6 nitrogen and oxygen atoms in total. The number of rotatable bonds is 9. The standard InChI is InChI=1S/C31H23BrClNO5S/c1-2-38-27-15-19(14-25(32)29(27)39-18-22-8-5-7-20-6-3-4-9-24(20)22)16-28-30(36)34(31(37)40-28)17-26(35)21-10-12-23(33)13-11-21/h3-16H,2,17-18H2,1H3/b28-16+. The first-order chi connectivity index (χ1) is 19.3. The molecule has 9 heteroatoms. The Balaban J connectivity index is 1.35. The molecule has 1 aliphatic heterocycles. The number of Topliss-reactive ketones (excluding diaryl/α,β-unsaturated/α-hetero) is 1. The number of imide groups is 1. The predicted octanol–water partition coefficient (Wildman–Crippen LogP) is 8.15. The van der Waals surface area contributed by atoms with E-state index in [0.717, 1.165) is 33.0 Å². The second-order valence-electron chi connectivity index (χ2n) is 8.89. The third-order valence-corrected chi connectivity index (χ3v) is 7.97. The maximum absolute atomic E-state index is 13.0. The van der Waals surface area contributed by atoms with Crippen LogP contribution in [0.4, 0.5) is 4.79 Å². The number of carbonyl (C=O) groups is 3. The minimum Gasteiger partial charge on any atom is -0.490 e. The van der Waals surface area contributed by atoms with Gasteiger partial charge in [0.15, 0.2) is 17.3 Å². The number of halogens is 2. The van der Waals surface area contributed by atoms with Crippen molar-refractivity contribution in [1.82, 2.24) is 4.90 Å². The summed E-state index contributed by atoms with van der Waals surface area (Å²) < 4.78 is 12.7. The first-order valence-electron chi connectivity index (χ1n) is 12.4. The van der Waals surface area contributed by atoms with Gasteiger partial charge in [0.05, 0.1) is 22.5 Å². The Morgan fingerprint density at radius 1 is 1.00 bits per heavy atom. The maximum atomic E-state index is 13.0. The highest BCUT2D eigenvalue weighted by atomic mass is 79.9. The number of benzene rings is 4. The fourth-order valence-corrected chi connectivity index (χ4v) is 5.84. The van der Waals surface area contributed by atoms with Gasteiger partial charge in [-0.2, -0.15) is 0 Å². The first-order valence-corrected chi connectivity index (χ1v) is 14.4. The van der Waals surface area contributed by atoms with E-state index >= 15 is 0 Å². The van der Waals surface area contributed by atoms with Crippen LogP contribution in [0.1, 0.15) is 28.4 Å². The largest absolute Gasteiger partial charge is 0.490 e. The molecule has 5 rings (SSSR count). The van der Waals surface area contributed by atoms with Crippen molar-refractivity contribution in [2.75, 3.05) is 13.2 Å². The van der Waals surface area contributed by atoms with E-state index in [-0.39, 0.29) is 17.2 Å². The van der Waals surface area contributed by atoms with E-state index < -0.39 is 11.1 Å². The summed E-state index contributed by atoms with van der Waals surface area (Å²) in [4.78, 5) is 39.5. The molecular weight excluding hydrogens is 614 g/mol. The van der Waals surface area contributed by atoms with E-state index in [1.165, 1.54) is 0 Å². The van der Waals surface area contributed by atoms with Crippen molar-refractivity contribution in [3.8, 4) is 11.5 Å². The van der Waals surface area contributed by atoms with Gasteiger partial charge in [-0.3, -0.25) is 19.3 Å². The molecule has 40 heavy (non-hydrogen) atoms. The molecule has 0 saturated carbocycles. The SMILES string of the molecule is CCOc1cc(/C=C2/SC(=O)N(CC(=O)c3ccc(Cl)cc3)C2=O)cc(Br)c1OCc1cccc2ccccc12. The number of ether oxygens (including phenoxy) is 2. The highest BCUT2D eigenvalue weighted by molar-refractivity contribution is 9.10. The third-order valence-electron chi connectivity index (χ3n) is 6.22. The zero-order valence-corrected chi connectivity index (χ0v) is 24.5.